The molecular weight excluding hydrogens is 500 g/mol. The molecular formula is C29H28N4O2S2. The molecule has 6 nitrogen and oxygen atoms in total. The first kappa shape index (κ1) is 26.4. The van der Waals surface area contributed by atoms with Crippen LogP contribution in [0.2, 0.25) is 0 Å². The zero-order valence-electron chi connectivity index (χ0n) is 20.9. The number of hydrogen-bond donors (Lipinski definition) is 2. The first-order chi connectivity index (χ1) is 17.9. The Labute approximate surface area is 225 Å². The number of rotatable bonds is 7. The third-order valence-electron chi connectivity index (χ3n) is 6.15. The Balaban J connectivity index is 1.60. The summed E-state index contributed by atoms with van der Waals surface area (Å²) in [5.41, 5.74) is 4.62. The number of para-hydroxylation sites is 1. The van der Waals surface area contributed by atoms with Gasteiger partial charge in [0, 0.05) is 33.4 Å². The van der Waals surface area contributed by atoms with Gasteiger partial charge < -0.3 is 10.6 Å². The summed E-state index contributed by atoms with van der Waals surface area (Å²) in [6.07, 6.45) is 0.883. The molecule has 0 aliphatic carbocycles. The van der Waals surface area contributed by atoms with Crippen molar-refractivity contribution in [2.45, 2.75) is 33.1 Å². The first-order valence-electron chi connectivity index (χ1n) is 12.0. The zero-order valence-corrected chi connectivity index (χ0v) is 22.6. The number of thiophene rings is 1. The van der Waals surface area contributed by atoms with Gasteiger partial charge in [-0.2, -0.15) is 5.26 Å². The molecule has 1 aliphatic heterocycles. The van der Waals surface area contributed by atoms with Crippen LogP contribution in [0.4, 0.5) is 11.4 Å². The van der Waals surface area contributed by atoms with Crippen LogP contribution >= 0.6 is 23.1 Å². The molecule has 1 aliphatic rings. The van der Waals surface area contributed by atoms with Gasteiger partial charge in [-0.3, -0.25) is 9.59 Å². The predicted molar refractivity (Wildman–Crippen MR) is 153 cm³/mol. The summed E-state index contributed by atoms with van der Waals surface area (Å²) in [7, 11) is 0. The fourth-order valence-electron chi connectivity index (χ4n) is 4.30. The maximum absolute atomic E-state index is 13.5. The molecule has 0 saturated carbocycles. The van der Waals surface area contributed by atoms with Gasteiger partial charge in [-0.1, -0.05) is 49.0 Å². The van der Waals surface area contributed by atoms with Gasteiger partial charge in [-0.25, -0.2) is 4.99 Å². The summed E-state index contributed by atoms with van der Waals surface area (Å²) >= 11 is 2.78. The molecule has 3 aromatic rings. The number of nitrogens with zero attached hydrogens (tertiary/aromatic N) is 2. The fourth-order valence-corrected chi connectivity index (χ4v) is 6.29. The number of aliphatic imine (C=N–C) groups is 1. The lowest BCUT2D eigenvalue weighted by atomic mass is 9.81. The van der Waals surface area contributed by atoms with Gasteiger partial charge in [0.25, 0.3) is 5.91 Å². The highest BCUT2D eigenvalue weighted by Gasteiger charge is 2.40. The molecule has 2 aromatic carbocycles. The van der Waals surface area contributed by atoms with Crippen LogP contribution in [-0.4, -0.2) is 22.6 Å². The number of aryl methyl sites for hydroxylation is 2. The van der Waals surface area contributed by atoms with E-state index in [0.717, 1.165) is 28.1 Å². The molecule has 2 atom stereocenters. The first-order valence-corrected chi connectivity index (χ1v) is 13.9. The molecule has 2 heterocycles. The molecule has 1 aromatic heterocycles. The maximum atomic E-state index is 13.5. The molecule has 0 bridgehead atoms. The van der Waals surface area contributed by atoms with Crippen molar-refractivity contribution >= 4 is 51.3 Å². The highest BCUT2D eigenvalue weighted by atomic mass is 32.2. The average molecular weight is 529 g/mol. The van der Waals surface area contributed by atoms with Crippen LogP contribution in [0, 0.1) is 24.2 Å². The van der Waals surface area contributed by atoms with Crippen LogP contribution in [0.1, 0.15) is 35.8 Å². The van der Waals surface area contributed by atoms with E-state index in [4.69, 9.17) is 0 Å². The minimum atomic E-state index is -0.682. The smallest absolute Gasteiger partial charge is 0.254 e. The molecule has 4 rings (SSSR count). The predicted octanol–water partition coefficient (Wildman–Crippen LogP) is 6.54. The van der Waals surface area contributed by atoms with Crippen LogP contribution in [0.25, 0.3) is 0 Å². The molecule has 2 unspecified atom stereocenters. The van der Waals surface area contributed by atoms with Gasteiger partial charge >= 0.3 is 0 Å². The quantitative estimate of drug-likeness (QED) is 0.364. The standard InChI is InChI=1S/C29H28N4O2S2/c1-4-20-9-8-12-22(15-20)32-24(34)17-37-29-23(16-30)26(27-18(2)13-14-36-27)25(19(3)31-29)28(35)33-21-10-6-5-7-11-21/h5-15,23,26H,4,17H2,1-3H3,(H,32,34)(H,33,35). The monoisotopic (exact) mass is 528 g/mol. The van der Waals surface area contributed by atoms with Crippen molar-refractivity contribution in [3.8, 4) is 6.07 Å². The SMILES string of the molecule is CCc1cccc(NC(=O)CSC2=NC(C)=C(C(=O)Nc3ccccc3)C(c3sccc3C)C2C#N)c1. The van der Waals surface area contributed by atoms with Crippen molar-refractivity contribution in [1.29, 1.82) is 5.26 Å². The highest BCUT2D eigenvalue weighted by molar-refractivity contribution is 8.14. The third-order valence-corrected chi connectivity index (χ3v) is 8.30. The normalized spacial score (nSPS) is 17.1. The Hall–Kier alpha value is -3.67. The Morgan fingerprint density at radius 1 is 1.05 bits per heavy atom. The number of anilines is 2. The Morgan fingerprint density at radius 3 is 2.49 bits per heavy atom. The number of amides is 2. The van der Waals surface area contributed by atoms with Crippen molar-refractivity contribution in [3.05, 3.63) is 93.3 Å². The number of nitrogens with one attached hydrogen (secondary N) is 2. The number of carbonyl (C=O) groups excluding carboxylic acids is 2. The molecule has 37 heavy (non-hydrogen) atoms. The fraction of sp³-hybridized carbons (Fsp3) is 0.241. The van der Waals surface area contributed by atoms with E-state index in [9.17, 15) is 14.9 Å². The second-order valence-electron chi connectivity index (χ2n) is 8.71. The Morgan fingerprint density at radius 2 is 1.81 bits per heavy atom. The lowest BCUT2D eigenvalue weighted by Crippen LogP contribution is -2.31. The summed E-state index contributed by atoms with van der Waals surface area (Å²) in [6, 6.07) is 21.4. The van der Waals surface area contributed by atoms with Crippen LogP contribution in [0.15, 0.2) is 82.3 Å². The van der Waals surface area contributed by atoms with E-state index in [1.165, 1.54) is 23.1 Å². The van der Waals surface area contributed by atoms with E-state index in [1.807, 2.05) is 73.0 Å². The number of hydrogen-bond acceptors (Lipinski definition) is 6. The summed E-state index contributed by atoms with van der Waals surface area (Å²) in [6.45, 7) is 5.84. The van der Waals surface area contributed by atoms with Gasteiger partial charge in [0.05, 0.1) is 16.9 Å². The van der Waals surface area contributed by atoms with E-state index in [0.29, 0.717) is 22.0 Å². The second kappa shape index (κ2) is 12.0. The third kappa shape index (κ3) is 6.19. The van der Waals surface area contributed by atoms with Gasteiger partial charge in [-0.15, -0.1) is 11.3 Å². The number of carbonyl (C=O) groups is 2. The minimum Gasteiger partial charge on any atom is -0.325 e. The van der Waals surface area contributed by atoms with Crippen molar-refractivity contribution < 1.29 is 9.59 Å². The molecule has 2 N–H and O–H groups in total. The molecule has 0 radical (unpaired) electrons. The number of nitriles is 1. The van der Waals surface area contributed by atoms with E-state index < -0.39 is 11.8 Å². The van der Waals surface area contributed by atoms with E-state index in [1.54, 1.807) is 6.92 Å². The van der Waals surface area contributed by atoms with Crippen LogP contribution in [0.5, 0.6) is 0 Å². The van der Waals surface area contributed by atoms with Gasteiger partial charge in [0.1, 0.15) is 5.92 Å². The molecule has 0 fully saturated rings. The maximum Gasteiger partial charge on any atom is 0.254 e. The van der Waals surface area contributed by atoms with Gasteiger partial charge in [0.15, 0.2) is 0 Å². The van der Waals surface area contributed by atoms with Gasteiger partial charge in [-0.05, 0) is 67.1 Å². The summed E-state index contributed by atoms with van der Waals surface area (Å²) in [5.74, 6) is -1.49. The number of benzene rings is 2. The lowest BCUT2D eigenvalue weighted by Gasteiger charge is -2.30. The van der Waals surface area contributed by atoms with Crippen molar-refractivity contribution in [2.75, 3.05) is 16.4 Å². The van der Waals surface area contributed by atoms with Crippen molar-refractivity contribution in [2.24, 2.45) is 10.9 Å². The molecule has 188 valence electrons. The van der Waals surface area contributed by atoms with Crippen LogP contribution in [-0.2, 0) is 16.0 Å². The van der Waals surface area contributed by atoms with Crippen molar-refractivity contribution in [3.63, 3.8) is 0 Å². The largest absolute Gasteiger partial charge is 0.325 e. The van der Waals surface area contributed by atoms with Crippen LogP contribution < -0.4 is 10.6 Å². The van der Waals surface area contributed by atoms with E-state index >= 15 is 0 Å². The molecule has 2 amide bonds. The zero-order chi connectivity index (χ0) is 26.4. The highest BCUT2D eigenvalue weighted by Crippen LogP contribution is 2.44. The summed E-state index contributed by atoms with van der Waals surface area (Å²) < 4.78 is 0. The topological polar surface area (TPSA) is 94.3 Å². The number of allylic oxidation sites excluding steroid dienone is 1. The average Bonchev–Trinajstić information content (AvgIpc) is 3.32. The lowest BCUT2D eigenvalue weighted by molar-refractivity contribution is -0.114. The second-order valence-corrected chi connectivity index (χ2v) is 10.7. The Bertz CT molecular complexity index is 1400. The number of thioether (sulfide) groups is 1. The molecule has 0 spiro atoms. The van der Waals surface area contributed by atoms with Crippen molar-refractivity contribution in [1.82, 2.24) is 0 Å². The molecule has 0 saturated heterocycles. The summed E-state index contributed by atoms with van der Waals surface area (Å²) in [5, 5.41) is 18.7. The minimum absolute atomic E-state index is 0.113. The van der Waals surface area contributed by atoms with E-state index in [-0.39, 0.29) is 17.6 Å². The summed E-state index contributed by atoms with van der Waals surface area (Å²) in [4.78, 5) is 31.8. The van der Waals surface area contributed by atoms with Crippen LogP contribution in [0.3, 0.4) is 0 Å². The Kier molecular flexibility index (Phi) is 8.59. The van der Waals surface area contributed by atoms with E-state index in [2.05, 4.69) is 28.6 Å². The van der Waals surface area contributed by atoms with Gasteiger partial charge in [0.2, 0.25) is 5.91 Å². The molecule has 8 heteroatoms.